The van der Waals surface area contributed by atoms with E-state index in [2.05, 4.69) is 47.8 Å². The zero-order valence-electron chi connectivity index (χ0n) is 6.40. The number of hydrogen-bond donors (Lipinski definition) is 0. The van der Waals surface area contributed by atoms with Crippen LogP contribution >= 0.6 is 47.8 Å². The Morgan fingerprint density at radius 1 is 1.33 bits per heavy atom. The van der Waals surface area contributed by atoms with Crippen molar-refractivity contribution in [2.24, 2.45) is 0 Å². The molecule has 1 aromatic carbocycles. The van der Waals surface area contributed by atoms with Gasteiger partial charge in [-0.1, -0.05) is 47.8 Å². The minimum absolute atomic E-state index is 0.782. The maximum Gasteiger partial charge on any atom is 0.125 e. The molecule has 0 fully saturated rings. The topological polar surface area (TPSA) is 9.23 Å². The highest BCUT2D eigenvalue weighted by Gasteiger charge is 2.07. The lowest BCUT2D eigenvalue weighted by Gasteiger charge is -2.08. The van der Waals surface area contributed by atoms with E-state index in [1.165, 1.54) is 0 Å². The summed E-state index contributed by atoms with van der Waals surface area (Å²) in [6.45, 7) is 0. The van der Waals surface area contributed by atoms with Crippen LogP contribution in [0.1, 0.15) is 5.56 Å². The summed E-state index contributed by atoms with van der Waals surface area (Å²) < 4.78 is 7.26. The van der Waals surface area contributed by atoms with Gasteiger partial charge in [-0.25, -0.2) is 0 Å². The van der Waals surface area contributed by atoms with E-state index in [1.807, 2.05) is 12.1 Å². The van der Waals surface area contributed by atoms with Crippen molar-refractivity contribution >= 4 is 47.8 Å². The lowest BCUT2D eigenvalue weighted by Crippen LogP contribution is -1.90. The van der Waals surface area contributed by atoms with E-state index < -0.39 is 0 Å². The molecule has 12 heavy (non-hydrogen) atoms. The zero-order chi connectivity index (χ0) is 9.14. The molecule has 4 heteroatoms. The third-order valence-electron chi connectivity index (χ3n) is 1.47. The molecular formula is C8H7Br3O. The molecule has 0 amide bonds. The van der Waals surface area contributed by atoms with Gasteiger partial charge in [-0.05, 0) is 12.1 Å². The predicted octanol–water partition coefficient (Wildman–Crippen LogP) is 4.12. The van der Waals surface area contributed by atoms with E-state index in [4.69, 9.17) is 4.74 Å². The number of halogens is 3. The Morgan fingerprint density at radius 3 is 2.50 bits per heavy atom. The molecule has 1 rings (SSSR count). The molecule has 1 aromatic rings. The Balaban J connectivity index is 3.24. The normalized spacial score (nSPS) is 10.0. The molecule has 0 saturated heterocycles. The van der Waals surface area contributed by atoms with Crippen LogP contribution in [0.2, 0.25) is 0 Å². The van der Waals surface area contributed by atoms with Crippen LogP contribution < -0.4 is 4.74 Å². The first-order chi connectivity index (χ1) is 5.69. The van der Waals surface area contributed by atoms with Crippen molar-refractivity contribution in [1.29, 1.82) is 0 Å². The Labute approximate surface area is 96.9 Å². The molecule has 0 spiro atoms. The van der Waals surface area contributed by atoms with Gasteiger partial charge in [0, 0.05) is 19.8 Å². The van der Waals surface area contributed by atoms with Gasteiger partial charge in [0.1, 0.15) is 5.75 Å². The van der Waals surface area contributed by atoms with Gasteiger partial charge in [-0.2, -0.15) is 0 Å². The van der Waals surface area contributed by atoms with Crippen LogP contribution in [0.15, 0.2) is 21.1 Å². The summed E-state index contributed by atoms with van der Waals surface area (Å²) in [4.78, 5) is 0. The minimum atomic E-state index is 0.782. The number of benzene rings is 1. The van der Waals surface area contributed by atoms with Crippen molar-refractivity contribution in [2.75, 3.05) is 7.11 Å². The fourth-order valence-corrected chi connectivity index (χ4v) is 3.17. The Kier molecular flexibility index (Phi) is 4.06. The van der Waals surface area contributed by atoms with Gasteiger partial charge in [0.25, 0.3) is 0 Å². The van der Waals surface area contributed by atoms with Crippen molar-refractivity contribution in [3.63, 3.8) is 0 Å². The first kappa shape index (κ1) is 10.5. The number of methoxy groups -OCH3 is 1. The molecule has 0 aliphatic rings. The van der Waals surface area contributed by atoms with Crippen molar-refractivity contribution in [3.05, 3.63) is 26.6 Å². The number of rotatable bonds is 2. The molecule has 0 bridgehead atoms. The molecule has 0 aliphatic carbocycles. The van der Waals surface area contributed by atoms with Gasteiger partial charge in [-0.3, -0.25) is 0 Å². The van der Waals surface area contributed by atoms with Crippen LogP contribution in [0.25, 0.3) is 0 Å². The van der Waals surface area contributed by atoms with Gasteiger partial charge in [0.2, 0.25) is 0 Å². The van der Waals surface area contributed by atoms with E-state index >= 15 is 0 Å². The molecule has 0 N–H and O–H groups in total. The quantitative estimate of drug-likeness (QED) is 0.723. The van der Waals surface area contributed by atoms with Crippen LogP contribution in [0.3, 0.4) is 0 Å². The molecule has 0 radical (unpaired) electrons. The van der Waals surface area contributed by atoms with Crippen molar-refractivity contribution in [2.45, 2.75) is 5.33 Å². The molecule has 0 atom stereocenters. The molecule has 0 saturated carbocycles. The largest absolute Gasteiger partial charge is 0.496 e. The van der Waals surface area contributed by atoms with Crippen LogP contribution in [0.5, 0.6) is 5.75 Å². The van der Waals surface area contributed by atoms with Gasteiger partial charge >= 0.3 is 0 Å². The second-order valence-corrected chi connectivity index (χ2v) is 4.53. The smallest absolute Gasteiger partial charge is 0.125 e. The second-order valence-electron chi connectivity index (χ2n) is 2.20. The SMILES string of the molecule is COc1cc(Br)cc(Br)c1CBr. The first-order valence-electron chi connectivity index (χ1n) is 3.27. The van der Waals surface area contributed by atoms with Gasteiger partial charge in [0.05, 0.1) is 7.11 Å². The summed E-state index contributed by atoms with van der Waals surface area (Å²) in [7, 11) is 1.67. The number of alkyl halides is 1. The lowest BCUT2D eigenvalue weighted by atomic mass is 10.2. The average Bonchev–Trinajstić information content (AvgIpc) is 2.03. The lowest BCUT2D eigenvalue weighted by molar-refractivity contribution is 0.411. The fourth-order valence-electron chi connectivity index (χ4n) is 0.892. The fraction of sp³-hybridized carbons (Fsp3) is 0.250. The van der Waals surface area contributed by atoms with Crippen LogP contribution in [-0.4, -0.2) is 7.11 Å². The highest BCUT2D eigenvalue weighted by Crippen LogP contribution is 2.32. The summed E-state index contributed by atoms with van der Waals surface area (Å²) >= 11 is 10.2. The Bertz CT molecular complexity index is 286. The molecule has 0 unspecified atom stereocenters. The van der Waals surface area contributed by atoms with Gasteiger partial charge in [-0.15, -0.1) is 0 Å². The highest BCUT2D eigenvalue weighted by molar-refractivity contribution is 9.11. The average molecular weight is 359 g/mol. The zero-order valence-corrected chi connectivity index (χ0v) is 11.2. The first-order valence-corrected chi connectivity index (χ1v) is 5.97. The molecule has 1 nitrogen and oxygen atoms in total. The standard InChI is InChI=1S/C8H7Br3O/c1-12-8-3-5(10)2-7(11)6(8)4-9/h2-3H,4H2,1H3. The van der Waals surface area contributed by atoms with E-state index in [0.717, 1.165) is 25.6 Å². The predicted molar refractivity (Wildman–Crippen MR) is 61.0 cm³/mol. The van der Waals surface area contributed by atoms with Gasteiger partial charge in [0.15, 0.2) is 0 Å². The highest BCUT2D eigenvalue weighted by atomic mass is 79.9. The summed E-state index contributed by atoms with van der Waals surface area (Å²) in [5, 5.41) is 0.782. The van der Waals surface area contributed by atoms with E-state index in [0.29, 0.717) is 0 Å². The van der Waals surface area contributed by atoms with Crippen molar-refractivity contribution < 1.29 is 4.74 Å². The third-order valence-corrected chi connectivity index (χ3v) is 3.20. The van der Waals surface area contributed by atoms with Crippen molar-refractivity contribution in [1.82, 2.24) is 0 Å². The maximum absolute atomic E-state index is 5.21. The summed E-state index contributed by atoms with van der Waals surface area (Å²) in [5.41, 5.74) is 1.13. The molecule has 0 aromatic heterocycles. The van der Waals surface area contributed by atoms with Crippen molar-refractivity contribution in [3.8, 4) is 5.75 Å². The summed E-state index contributed by atoms with van der Waals surface area (Å²) in [6, 6.07) is 3.94. The molecule has 0 aliphatic heterocycles. The maximum atomic E-state index is 5.21. The van der Waals surface area contributed by atoms with Crippen LogP contribution in [-0.2, 0) is 5.33 Å². The van der Waals surface area contributed by atoms with Crippen LogP contribution in [0.4, 0.5) is 0 Å². The number of ether oxygens (including phenoxy) is 1. The summed E-state index contributed by atoms with van der Waals surface area (Å²) in [6.07, 6.45) is 0. The second kappa shape index (κ2) is 4.63. The Morgan fingerprint density at radius 2 is 2.00 bits per heavy atom. The van der Waals surface area contributed by atoms with E-state index in [-0.39, 0.29) is 0 Å². The Hall–Kier alpha value is 0.460. The van der Waals surface area contributed by atoms with E-state index in [1.54, 1.807) is 7.11 Å². The summed E-state index contributed by atoms with van der Waals surface area (Å²) in [5.74, 6) is 0.883. The number of hydrogen-bond acceptors (Lipinski definition) is 1. The van der Waals surface area contributed by atoms with E-state index in [9.17, 15) is 0 Å². The molecular weight excluding hydrogens is 352 g/mol. The minimum Gasteiger partial charge on any atom is -0.496 e. The monoisotopic (exact) mass is 356 g/mol. The molecule has 66 valence electrons. The van der Waals surface area contributed by atoms with Crippen LogP contribution in [0, 0.1) is 0 Å². The third kappa shape index (κ3) is 2.24. The van der Waals surface area contributed by atoms with Gasteiger partial charge < -0.3 is 4.74 Å². The molecule has 0 heterocycles.